The van der Waals surface area contributed by atoms with E-state index in [4.69, 9.17) is 46.9 Å². The van der Waals surface area contributed by atoms with E-state index < -0.39 is 162 Å². The highest BCUT2D eigenvalue weighted by Gasteiger charge is 2.60. The number of phosphoric acid groups is 1. The van der Waals surface area contributed by atoms with Gasteiger partial charge >= 0.3 is 31.7 Å². The second-order valence-electron chi connectivity index (χ2n) is 33.5. The van der Waals surface area contributed by atoms with Gasteiger partial charge in [0.2, 0.25) is 0 Å². The first-order chi connectivity index (χ1) is 57.2. The Hall–Kier alpha value is -3.31. The summed E-state index contributed by atoms with van der Waals surface area (Å²) in [6.07, 6.45) is 32.7. The lowest BCUT2D eigenvalue weighted by atomic mass is 9.84. The quantitative estimate of drug-likeness (QED) is 0.00889. The second-order valence-corrected chi connectivity index (χ2v) is 34.9. The van der Waals surface area contributed by atoms with E-state index in [-0.39, 0.29) is 25.7 Å². The third-order valence-corrected chi connectivity index (χ3v) is 23.8. The van der Waals surface area contributed by atoms with Crippen molar-refractivity contribution in [1.82, 2.24) is 0 Å². The molecule has 0 bridgehead atoms. The first kappa shape index (κ1) is 109. The van der Waals surface area contributed by atoms with Crippen LogP contribution in [-0.2, 0) is 70.7 Å². The summed E-state index contributed by atoms with van der Waals surface area (Å²) in [6.45, 7) is 5.55. The molecule has 0 aromatic rings. The van der Waals surface area contributed by atoms with Crippen LogP contribution in [0.5, 0.6) is 0 Å². The van der Waals surface area contributed by atoms with Crippen LogP contribution in [0.15, 0.2) is 36.5 Å². The second kappa shape index (κ2) is 70.9. The topological polar surface area (TPSA) is 380 Å². The molecule has 0 radical (unpaired) electrons. The lowest BCUT2D eigenvalue weighted by Gasteiger charge is -2.50. The predicted molar refractivity (Wildman–Crippen MR) is 458 cm³/mol. The molecule has 25 nitrogen and oxygen atoms in total. The van der Waals surface area contributed by atoms with Gasteiger partial charge in [-0.3, -0.25) is 28.2 Å². The molecule has 3 fully saturated rings. The summed E-state index contributed by atoms with van der Waals surface area (Å²) in [7, 11) is -5.81. The van der Waals surface area contributed by atoms with Gasteiger partial charge in [0.15, 0.2) is 24.8 Å². The zero-order chi connectivity index (χ0) is 86.1. The van der Waals surface area contributed by atoms with Crippen LogP contribution in [0, 0.1) is 0 Å². The van der Waals surface area contributed by atoms with E-state index in [1.54, 1.807) is 0 Å². The van der Waals surface area contributed by atoms with Crippen LogP contribution in [0.1, 0.15) is 394 Å². The number of rotatable bonds is 76. The number of hydrogen-bond acceptors (Lipinski definition) is 24. The molecule has 10 N–H and O–H groups in total. The Bertz CT molecular complexity index is 2600. The third kappa shape index (κ3) is 50.6. The molecule has 0 aromatic carbocycles. The van der Waals surface area contributed by atoms with Crippen LogP contribution < -0.4 is 0 Å². The molecule has 2 aliphatic heterocycles. The molecule has 118 heavy (non-hydrogen) atoms. The highest BCUT2D eigenvalue weighted by atomic mass is 31.2. The molecule has 0 aromatic heterocycles. The fraction of sp³-hybridized carbons (Fsp3) is 0.891. The van der Waals surface area contributed by atoms with Crippen LogP contribution in [-0.4, -0.2) is 205 Å². The molecule has 0 amide bonds. The average Bonchev–Trinajstić information content (AvgIpc) is 0.755. The largest absolute Gasteiger partial charge is 0.472 e. The number of carbonyl (C=O) groups excluding carboxylic acids is 4. The summed E-state index contributed by atoms with van der Waals surface area (Å²) in [5, 5.41) is 102. The van der Waals surface area contributed by atoms with Crippen LogP contribution >= 0.6 is 7.82 Å². The van der Waals surface area contributed by atoms with E-state index in [9.17, 15) is 74.6 Å². The van der Waals surface area contributed by atoms with Gasteiger partial charge in [-0.15, -0.1) is 0 Å². The Morgan fingerprint density at radius 3 is 1.03 bits per heavy atom. The highest BCUT2D eigenvalue weighted by molar-refractivity contribution is 7.47. The monoisotopic (exact) mass is 1700 g/mol. The summed E-state index contributed by atoms with van der Waals surface area (Å²) in [4.78, 5) is 66.4. The van der Waals surface area contributed by atoms with E-state index in [0.717, 1.165) is 154 Å². The Morgan fingerprint density at radius 2 is 0.636 bits per heavy atom. The molecule has 0 spiro atoms. The normalized spacial score (nSPS) is 25.1. The molecule has 1 saturated carbocycles. The fourth-order valence-corrected chi connectivity index (χ4v) is 16.3. The maximum absolute atomic E-state index is 14.9. The van der Waals surface area contributed by atoms with Crippen LogP contribution in [0.3, 0.4) is 0 Å². The Balaban J connectivity index is 1.92. The first-order valence-electron chi connectivity index (χ1n) is 47.2. The number of ether oxygens (including phenoxy) is 8. The van der Waals surface area contributed by atoms with Gasteiger partial charge in [-0.2, -0.15) is 0 Å². The standard InChI is InChI=1S/C92H167O25P/c1-5-9-13-17-21-25-29-33-36-39-41-45-49-53-57-61-65-76(95)109-71-74-80(99)82(101)86(105)92(113-74)116-89-87(114-78(97)67-63-59-55-51-47-43-38-35-31-27-23-19-15-11-7-3)83(102)84(103)88(115-91-85(104)81(100)79(98)73(68-93)112-91)90(89)117-118(106,107)110-70-72(69-108-75(94)64-60-56-52-48-44-40-32-28-24-20-16-12-8-4)111-77(96)66-62-58-54-50-46-42-37-34-30-26-22-18-14-10-6-2/h26-27,30-31,40,44,72-74,79-93,98-105H,5-25,28-29,32-39,41-43,45-71H2,1-4H3,(H,106,107)/b30-26-,31-27-,44-40-. The van der Waals surface area contributed by atoms with Crippen molar-refractivity contribution in [3.05, 3.63) is 36.5 Å². The van der Waals surface area contributed by atoms with Crippen molar-refractivity contribution in [2.24, 2.45) is 0 Å². The molecule has 690 valence electrons. The smallest absolute Gasteiger partial charge is 0.463 e. The van der Waals surface area contributed by atoms with Gasteiger partial charge in [0, 0.05) is 25.7 Å². The van der Waals surface area contributed by atoms with Crippen LogP contribution in [0.25, 0.3) is 0 Å². The lowest BCUT2D eigenvalue weighted by Crippen LogP contribution is -2.70. The SMILES string of the molecule is CCCCCC/C=C\CCCCCCCCCC(=O)OC(COC(=O)CCCCC/C=C\CCCCCCCC)COP(=O)(O)OC1C(OC2OC(CO)C(O)C(O)C2O)C(O)C(O)C(OC(=O)CCCCCCCCC/C=C\CCCCCC)C1OC1OC(COC(=O)CCCCCCCCCCCCCCCCCC)C(O)C(O)C1O. The third-order valence-electron chi connectivity index (χ3n) is 22.8. The van der Waals surface area contributed by atoms with Crippen molar-refractivity contribution in [3.63, 3.8) is 0 Å². The number of allylic oxidation sites excluding steroid dienone is 6. The zero-order valence-electron chi connectivity index (χ0n) is 73.5. The minimum Gasteiger partial charge on any atom is -0.463 e. The van der Waals surface area contributed by atoms with Gasteiger partial charge in [-0.1, -0.05) is 302 Å². The van der Waals surface area contributed by atoms with Crippen molar-refractivity contribution in [2.45, 2.75) is 498 Å². The summed E-state index contributed by atoms with van der Waals surface area (Å²) < 4.78 is 73.4. The molecular weight excluding hydrogens is 1540 g/mol. The molecule has 3 rings (SSSR count). The van der Waals surface area contributed by atoms with Gasteiger partial charge in [0.05, 0.1) is 13.2 Å². The Morgan fingerprint density at radius 1 is 0.331 bits per heavy atom. The maximum Gasteiger partial charge on any atom is 0.472 e. The van der Waals surface area contributed by atoms with E-state index in [0.29, 0.717) is 38.5 Å². The highest BCUT2D eigenvalue weighted by Crippen LogP contribution is 2.49. The minimum absolute atomic E-state index is 0.0118. The van der Waals surface area contributed by atoms with Crippen molar-refractivity contribution in [3.8, 4) is 0 Å². The molecular formula is C92H167O25P. The average molecular weight is 1700 g/mol. The molecule has 18 unspecified atom stereocenters. The molecule has 26 heteroatoms. The predicted octanol–water partition coefficient (Wildman–Crippen LogP) is 17.5. The Labute approximate surface area is 710 Å². The summed E-state index contributed by atoms with van der Waals surface area (Å²) in [6, 6.07) is 0. The van der Waals surface area contributed by atoms with Gasteiger partial charge < -0.3 is 88.7 Å². The molecule has 2 heterocycles. The number of aliphatic hydroxyl groups excluding tert-OH is 9. The summed E-state index contributed by atoms with van der Waals surface area (Å²) in [5.74, 6) is -2.99. The molecule has 1 aliphatic carbocycles. The Kier molecular flexibility index (Phi) is 65.4. The van der Waals surface area contributed by atoms with Crippen molar-refractivity contribution >= 4 is 31.7 Å². The number of phosphoric ester groups is 1. The number of unbranched alkanes of at least 4 members (excludes halogenated alkanes) is 46. The molecule has 18 atom stereocenters. The minimum atomic E-state index is -5.81. The van der Waals surface area contributed by atoms with Gasteiger partial charge in [0.25, 0.3) is 0 Å². The number of carbonyl (C=O) groups is 4. The maximum atomic E-state index is 14.9. The summed E-state index contributed by atoms with van der Waals surface area (Å²) >= 11 is 0. The van der Waals surface area contributed by atoms with Gasteiger partial charge in [0.1, 0.15) is 92.6 Å². The van der Waals surface area contributed by atoms with Crippen molar-refractivity contribution < 1.29 is 122 Å². The summed E-state index contributed by atoms with van der Waals surface area (Å²) in [5.41, 5.74) is 0. The van der Waals surface area contributed by atoms with E-state index >= 15 is 0 Å². The number of aliphatic hydroxyl groups is 9. The fourth-order valence-electron chi connectivity index (χ4n) is 15.3. The number of esters is 4. The molecule has 3 aliphatic rings. The van der Waals surface area contributed by atoms with Crippen molar-refractivity contribution in [2.75, 3.05) is 26.4 Å². The lowest BCUT2D eigenvalue weighted by molar-refractivity contribution is -0.360. The van der Waals surface area contributed by atoms with E-state index in [2.05, 4.69) is 64.2 Å². The van der Waals surface area contributed by atoms with Gasteiger partial charge in [-0.05, 0) is 103 Å². The van der Waals surface area contributed by atoms with Gasteiger partial charge in [-0.25, -0.2) is 4.57 Å². The van der Waals surface area contributed by atoms with E-state index in [1.807, 2.05) is 0 Å². The van der Waals surface area contributed by atoms with Crippen LogP contribution in [0.2, 0.25) is 0 Å². The van der Waals surface area contributed by atoms with E-state index in [1.165, 1.54) is 148 Å². The van der Waals surface area contributed by atoms with Crippen LogP contribution in [0.4, 0.5) is 0 Å². The van der Waals surface area contributed by atoms with Crippen molar-refractivity contribution in [1.29, 1.82) is 0 Å². The molecule has 2 saturated heterocycles. The first-order valence-corrected chi connectivity index (χ1v) is 48.7. The zero-order valence-corrected chi connectivity index (χ0v) is 74.4. The number of hydrogen-bond donors (Lipinski definition) is 10.